The van der Waals surface area contributed by atoms with Crippen LogP contribution in [0.1, 0.15) is 0 Å². The van der Waals surface area contributed by atoms with Gasteiger partial charge in [0, 0.05) is 11.9 Å². The van der Waals surface area contributed by atoms with Gasteiger partial charge in [-0.1, -0.05) is 24.3 Å². The molecule has 0 saturated heterocycles. The second-order valence-corrected chi connectivity index (χ2v) is 32.5. The van der Waals surface area contributed by atoms with E-state index in [0.717, 1.165) is 5.69 Å². The molecule has 0 aliphatic rings. The summed E-state index contributed by atoms with van der Waals surface area (Å²) >= 11 is 8.96. The van der Waals surface area contributed by atoms with E-state index in [1.165, 1.54) is 0 Å². The number of hydrogen-bond acceptors (Lipinski definition) is 2. The SMILES string of the molecule is BrI(Br)Br.O=C(Nc1ccccc1)Nc1ccccn1. The number of benzene rings is 1. The number of halogens is 4. The number of para-hydroxylation sites is 1. The zero-order valence-electron chi connectivity index (χ0n) is 10.1. The maximum atomic E-state index is 11.5. The summed E-state index contributed by atoms with van der Waals surface area (Å²) in [6.07, 6.45) is 1.62. The first-order chi connectivity index (χ1) is 9.58. The molecule has 1 aromatic carbocycles. The Morgan fingerprint density at radius 1 is 0.950 bits per heavy atom. The normalized spacial score (nSPS) is 9.85. The second-order valence-electron chi connectivity index (χ2n) is 3.32. The van der Waals surface area contributed by atoms with E-state index < -0.39 is 13.1 Å². The number of hydrogen-bond donors (Lipinski definition) is 2. The molecule has 108 valence electrons. The molecule has 8 heteroatoms. The average molecular weight is 580 g/mol. The fourth-order valence-electron chi connectivity index (χ4n) is 1.24. The number of nitrogens with one attached hydrogen (secondary N) is 2. The van der Waals surface area contributed by atoms with Crippen LogP contribution in [0, 0.1) is 0 Å². The van der Waals surface area contributed by atoms with E-state index >= 15 is 0 Å². The Balaban J connectivity index is 0.000000444. The Morgan fingerprint density at radius 2 is 1.55 bits per heavy atom. The third kappa shape index (κ3) is 8.88. The smallest absolute Gasteiger partial charge is 0.308 e. The van der Waals surface area contributed by atoms with Crippen molar-refractivity contribution in [3.8, 4) is 0 Å². The van der Waals surface area contributed by atoms with Crippen molar-refractivity contribution in [1.82, 2.24) is 4.98 Å². The average Bonchev–Trinajstić information content (AvgIpc) is 2.40. The number of rotatable bonds is 2. The standard InChI is InChI=1S/C12H11N3O.Br3I/c16-12(14-10-6-2-1-3-7-10)15-11-8-4-5-9-13-11;1-4(2)3/h1-9H,(H2,13,14,15,16);. The number of carbonyl (C=O) groups is 1. The van der Waals surface area contributed by atoms with Crippen molar-refractivity contribution in [3.05, 3.63) is 54.7 Å². The van der Waals surface area contributed by atoms with Gasteiger partial charge >= 0.3 is 57.2 Å². The summed E-state index contributed by atoms with van der Waals surface area (Å²) in [5.41, 5.74) is 0.746. The Labute approximate surface area is 142 Å². The summed E-state index contributed by atoms with van der Waals surface area (Å²) in [5.74, 6) is 0.524. The largest absolute Gasteiger partial charge is 0.324 e. The third-order valence-electron chi connectivity index (χ3n) is 1.94. The third-order valence-corrected chi connectivity index (χ3v) is 1.94. The first-order valence-corrected chi connectivity index (χ1v) is 19.8. The first-order valence-electron chi connectivity index (χ1n) is 5.31. The second kappa shape index (κ2) is 10.5. The topological polar surface area (TPSA) is 54.0 Å². The number of nitrogens with zero attached hydrogens (tertiary/aromatic N) is 1. The molecule has 2 amide bonds. The molecule has 0 unspecified atom stereocenters. The molecule has 2 aromatic rings. The molecule has 0 spiro atoms. The van der Waals surface area contributed by atoms with Crippen LogP contribution in [0.5, 0.6) is 0 Å². The minimum absolute atomic E-state index is 0.301. The van der Waals surface area contributed by atoms with E-state index in [2.05, 4.69) is 53.7 Å². The fraction of sp³-hybridized carbons (Fsp3) is 0. The van der Waals surface area contributed by atoms with Crippen LogP contribution in [0.15, 0.2) is 54.7 Å². The van der Waals surface area contributed by atoms with Gasteiger partial charge in [-0.25, -0.2) is 9.78 Å². The molecular formula is C12H11Br3IN3O. The van der Waals surface area contributed by atoms with E-state index in [4.69, 9.17) is 0 Å². The van der Waals surface area contributed by atoms with Gasteiger partial charge in [0.15, 0.2) is 0 Å². The van der Waals surface area contributed by atoms with Gasteiger partial charge in [0.1, 0.15) is 5.82 Å². The number of pyridine rings is 1. The van der Waals surface area contributed by atoms with Crippen LogP contribution >= 0.6 is 51.2 Å². The monoisotopic (exact) mass is 577 g/mol. The van der Waals surface area contributed by atoms with E-state index in [0.29, 0.717) is 5.82 Å². The molecule has 0 atom stereocenters. The molecule has 2 rings (SSSR count). The van der Waals surface area contributed by atoms with Crippen LogP contribution in [-0.2, 0) is 0 Å². The quantitative estimate of drug-likeness (QED) is 0.420. The summed E-state index contributed by atoms with van der Waals surface area (Å²) in [4.78, 5) is 15.5. The summed E-state index contributed by atoms with van der Waals surface area (Å²) < 4.78 is 0. The number of aromatic nitrogens is 1. The number of carbonyl (C=O) groups excluding carboxylic acids is 1. The van der Waals surface area contributed by atoms with Gasteiger partial charge in [-0.3, -0.25) is 5.32 Å². The number of amides is 2. The molecular weight excluding hydrogens is 569 g/mol. The Morgan fingerprint density at radius 3 is 2.10 bits per heavy atom. The van der Waals surface area contributed by atoms with E-state index in [-0.39, 0.29) is 6.03 Å². The number of urea groups is 1. The van der Waals surface area contributed by atoms with Gasteiger partial charge in [-0.2, -0.15) is 0 Å². The molecule has 0 aliphatic carbocycles. The van der Waals surface area contributed by atoms with Gasteiger partial charge in [-0.05, 0) is 24.3 Å². The minimum atomic E-state index is -0.826. The first kappa shape index (κ1) is 17.9. The molecule has 0 bridgehead atoms. The van der Waals surface area contributed by atoms with Gasteiger partial charge in [0.2, 0.25) is 0 Å². The summed E-state index contributed by atoms with van der Waals surface area (Å²) in [6, 6.07) is 14.3. The minimum Gasteiger partial charge on any atom is -0.308 e. The van der Waals surface area contributed by atoms with Crippen molar-refractivity contribution in [2.45, 2.75) is 0 Å². The predicted molar refractivity (Wildman–Crippen MR) is 104 cm³/mol. The van der Waals surface area contributed by atoms with Crippen LogP contribution in [0.25, 0.3) is 0 Å². The van der Waals surface area contributed by atoms with Crippen LogP contribution in [-0.4, -0.2) is 11.0 Å². The molecule has 0 aliphatic heterocycles. The Hall–Kier alpha value is -0.190. The van der Waals surface area contributed by atoms with Gasteiger partial charge < -0.3 is 5.32 Å². The summed E-state index contributed by atoms with van der Waals surface area (Å²) in [5, 5.41) is 5.33. The number of anilines is 2. The van der Waals surface area contributed by atoms with E-state index in [9.17, 15) is 4.79 Å². The van der Waals surface area contributed by atoms with Crippen LogP contribution in [0.4, 0.5) is 16.3 Å². The van der Waals surface area contributed by atoms with Crippen LogP contribution < -0.4 is 10.6 Å². The predicted octanol–water partition coefficient (Wildman–Crippen LogP) is 6.15. The molecule has 0 fully saturated rings. The molecule has 0 radical (unpaired) electrons. The maximum absolute atomic E-state index is 11.5. The van der Waals surface area contributed by atoms with E-state index in [1.807, 2.05) is 36.4 Å². The van der Waals surface area contributed by atoms with Crippen molar-refractivity contribution in [1.29, 1.82) is 0 Å². The van der Waals surface area contributed by atoms with Crippen molar-refractivity contribution in [2.75, 3.05) is 10.6 Å². The maximum Gasteiger partial charge on any atom is 0.324 e. The molecule has 4 nitrogen and oxygen atoms in total. The molecule has 0 saturated carbocycles. The Kier molecular flexibility index (Phi) is 9.40. The fourth-order valence-corrected chi connectivity index (χ4v) is 1.24. The van der Waals surface area contributed by atoms with Gasteiger partial charge in [0.25, 0.3) is 0 Å². The summed E-state index contributed by atoms with van der Waals surface area (Å²) in [6.45, 7) is 0. The zero-order valence-corrected chi connectivity index (χ0v) is 17.0. The molecule has 2 N–H and O–H groups in total. The zero-order chi connectivity index (χ0) is 14.8. The van der Waals surface area contributed by atoms with Crippen LogP contribution in [0.2, 0.25) is 0 Å². The van der Waals surface area contributed by atoms with Crippen molar-refractivity contribution < 1.29 is 4.79 Å². The van der Waals surface area contributed by atoms with E-state index in [1.54, 1.807) is 18.3 Å². The molecule has 1 aromatic heterocycles. The van der Waals surface area contributed by atoms with Crippen molar-refractivity contribution in [3.63, 3.8) is 0 Å². The molecule has 1 heterocycles. The Bertz CT molecular complexity index is 468. The van der Waals surface area contributed by atoms with Crippen molar-refractivity contribution >= 4 is 68.8 Å². The molecule has 20 heavy (non-hydrogen) atoms. The van der Waals surface area contributed by atoms with Crippen LogP contribution in [0.3, 0.4) is 0 Å². The van der Waals surface area contributed by atoms with Gasteiger partial charge in [-0.15, -0.1) is 0 Å². The van der Waals surface area contributed by atoms with Gasteiger partial charge in [0.05, 0.1) is 0 Å². The summed E-state index contributed by atoms with van der Waals surface area (Å²) in [7, 11) is 0. The van der Waals surface area contributed by atoms with Crippen molar-refractivity contribution in [2.24, 2.45) is 0 Å².